The first kappa shape index (κ1) is 30.8. The van der Waals surface area contributed by atoms with Crippen molar-refractivity contribution >= 4 is 63.4 Å². The average molecular weight is 631 g/mol. The van der Waals surface area contributed by atoms with E-state index in [1.807, 2.05) is 43.3 Å². The Balaban J connectivity index is 0.00000441. The first-order chi connectivity index (χ1) is 18.8. The molecule has 212 valence electrons. The molecule has 10 heteroatoms. The minimum atomic E-state index is -1.10. The molecule has 1 saturated heterocycles. The summed E-state index contributed by atoms with van der Waals surface area (Å²) in [6.45, 7) is 3.85. The number of nitrogens with zero attached hydrogens (tertiary/aromatic N) is 2. The molecular weight excluding hydrogens is 598 g/mol. The first-order valence-electron chi connectivity index (χ1n) is 12.7. The average Bonchev–Trinajstić information content (AvgIpc) is 2.95. The summed E-state index contributed by atoms with van der Waals surface area (Å²) >= 11 is 3.42. The van der Waals surface area contributed by atoms with Crippen LogP contribution in [0.5, 0.6) is 11.5 Å². The highest BCUT2D eigenvalue weighted by Gasteiger charge is 2.24. The van der Waals surface area contributed by atoms with Crippen LogP contribution in [0, 0.1) is 6.92 Å². The van der Waals surface area contributed by atoms with Crippen molar-refractivity contribution in [3.05, 3.63) is 81.8 Å². The van der Waals surface area contributed by atoms with Crippen molar-refractivity contribution in [1.29, 1.82) is 0 Å². The van der Waals surface area contributed by atoms with Crippen molar-refractivity contribution < 1.29 is 24.2 Å². The van der Waals surface area contributed by atoms with Crippen LogP contribution >= 0.6 is 28.3 Å². The van der Waals surface area contributed by atoms with Crippen molar-refractivity contribution in [3.63, 3.8) is 0 Å². The summed E-state index contributed by atoms with van der Waals surface area (Å²) in [7, 11) is 3.02. The van der Waals surface area contributed by atoms with Crippen LogP contribution in [0.25, 0.3) is 6.08 Å². The summed E-state index contributed by atoms with van der Waals surface area (Å²) in [4.78, 5) is 27.8. The lowest BCUT2D eigenvalue weighted by atomic mass is 10.1. The van der Waals surface area contributed by atoms with E-state index in [0.29, 0.717) is 15.8 Å². The van der Waals surface area contributed by atoms with E-state index in [9.17, 15) is 14.7 Å². The Labute approximate surface area is 249 Å². The van der Waals surface area contributed by atoms with E-state index in [1.54, 1.807) is 24.3 Å². The fourth-order valence-electron chi connectivity index (χ4n) is 4.61. The molecule has 0 radical (unpaired) electrons. The summed E-state index contributed by atoms with van der Waals surface area (Å²) < 4.78 is 11.1. The molecule has 0 unspecified atom stereocenters. The molecule has 40 heavy (non-hydrogen) atoms. The first-order valence-corrected chi connectivity index (χ1v) is 13.5. The molecule has 0 spiro atoms. The Bertz CT molecular complexity index is 1370. The van der Waals surface area contributed by atoms with Gasteiger partial charge in [0.15, 0.2) is 0 Å². The number of hydrogen-bond acceptors (Lipinski definition) is 6. The number of aromatic carboxylic acids is 1. The predicted octanol–water partition coefficient (Wildman–Crippen LogP) is 6.96. The lowest BCUT2D eigenvalue weighted by molar-refractivity contribution is -0.113. The predicted molar refractivity (Wildman–Crippen MR) is 165 cm³/mol. The molecule has 0 saturated carbocycles. The number of rotatable bonds is 9. The molecule has 1 aliphatic rings. The largest absolute Gasteiger partial charge is 0.497 e. The monoisotopic (exact) mass is 629 g/mol. The minimum Gasteiger partial charge on any atom is -0.497 e. The molecule has 2 N–H and O–H groups in total. The topological polar surface area (TPSA) is 91.3 Å². The molecule has 0 aliphatic carbocycles. The fourth-order valence-corrected chi connectivity index (χ4v) is 5.08. The molecule has 1 aliphatic heterocycles. The number of carbonyl (C=O) groups excluding carboxylic acids is 1. The summed E-state index contributed by atoms with van der Waals surface area (Å²) in [6.07, 6.45) is 6.52. The Hall–Kier alpha value is -3.69. The second-order valence-corrected chi connectivity index (χ2v) is 10.1. The number of carboxylic acids is 1. The maximum absolute atomic E-state index is 13.9. The van der Waals surface area contributed by atoms with Gasteiger partial charge in [-0.2, -0.15) is 0 Å². The van der Waals surface area contributed by atoms with Crippen LogP contribution in [0.1, 0.15) is 40.7 Å². The zero-order valence-electron chi connectivity index (χ0n) is 22.6. The SMILES string of the molecule is COc1ccc(NN(C(=O)/C=C/c2cc(OC)c(C(=O)O)cc2Br)c2c(C)cccc2N2CCCCC2)cc1.Cl. The highest BCUT2D eigenvalue weighted by atomic mass is 79.9. The third-order valence-electron chi connectivity index (χ3n) is 6.64. The second kappa shape index (κ2) is 14.1. The van der Waals surface area contributed by atoms with E-state index in [4.69, 9.17) is 9.47 Å². The molecule has 3 aromatic rings. The fraction of sp³-hybridized carbons (Fsp3) is 0.267. The summed E-state index contributed by atoms with van der Waals surface area (Å²) in [6, 6.07) is 16.5. The number of halogens is 2. The molecule has 4 rings (SSSR count). The number of para-hydroxylation sites is 1. The number of carbonyl (C=O) groups is 2. The van der Waals surface area contributed by atoms with Crippen LogP contribution in [-0.2, 0) is 4.79 Å². The zero-order chi connectivity index (χ0) is 27.9. The van der Waals surface area contributed by atoms with Gasteiger partial charge >= 0.3 is 5.97 Å². The highest BCUT2D eigenvalue weighted by molar-refractivity contribution is 9.10. The number of carboxylic acid groups (broad SMARTS) is 1. The lowest BCUT2D eigenvalue weighted by Crippen LogP contribution is -2.38. The number of piperidine rings is 1. The van der Waals surface area contributed by atoms with E-state index in [0.717, 1.165) is 48.6 Å². The number of anilines is 3. The molecule has 1 amide bonds. The number of hydrogen-bond donors (Lipinski definition) is 2. The van der Waals surface area contributed by atoms with Gasteiger partial charge in [0.25, 0.3) is 5.91 Å². The third-order valence-corrected chi connectivity index (χ3v) is 7.33. The number of ether oxygens (including phenoxy) is 2. The van der Waals surface area contributed by atoms with Crippen molar-refractivity contribution in [1.82, 2.24) is 0 Å². The van der Waals surface area contributed by atoms with Crippen LogP contribution in [-0.4, -0.2) is 44.3 Å². The van der Waals surface area contributed by atoms with Gasteiger partial charge in [-0.1, -0.05) is 28.1 Å². The number of nitrogens with one attached hydrogen (secondary N) is 1. The van der Waals surface area contributed by atoms with Gasteiger partial charge in [-0.05, 0) is 85.9 Å². The summed E-state index contributed by atoms with van der Waals surface area (Å²) in [5.41, 5.74) is 7.38. The van der Waals surface area contributed by atoms with Gasteiger partial charge in [0.05, 0.1) is 31.3 Å². The van der Waals surface area contributed by atoms with Gasteiger partial charge in [0, 0.05) is 23.6 Å². The van der Waals surface area contributed by atoms with Crippen molar-refractivity contribution in [2.24, 2.45) is 0 Å². The number of aryl methyl sites for hydroxylation is 1. The van der Waals surface area contributed by atoms with Gasteiger partial charge in [0.1, 0.15) is 17.1 Å². The Morgan fingerprint density at radius 2 is 1.73 bits per heavy atom. The summed E-state index contributed by atoms with van der Waals surface area (Å²) in [5, 5.41) is 11.0. The van der Waals surface area contributed by atoms with Gasteiger partial charge in [0.2, 0.25) is 0 Å². The molecule has 0 atom stereocenters. The molecular formula is C30H33BrClN3O5. The van der Waals surface area contributed by atoms with Crippen LogP contribution in [0.3, 0.4) is 0 Å². The molecule has 1 heterocycles. The van der Waals surface area contributed by atoms with Gasteiger partial charge in [-0.25, -0.2) is 9.80 Å². The molecule has 3 aromatic carbocycles. The van der Waals surface area contributed by atoms with Crippen LogP contribution < -0.4 is 24.8 Å². The van der Waals surface area contributed by atoms with E-state index in [-0.39, 0.29) is 29.6 Å². The van der Waals surface area contributed by atoms with Gasteiger partial charge < -0.3 is 19.5 Å². The second-order valence-electron chi connectivity index (χ2n) is 9.22. The number of hydrazine groups is 1. The van der Waals surface area contributed by atoms with Crippen molar-refractivity contribution in [3.8, 4) is 11.5 Å². The summed E-state index contributed by atoms with van der Waals surface area (Å²) in [5.74, 6) is -0.477. The normalized spacial score (nSPS) is 12.9. The lowest BCUT2D eigenvalue weighted by Gasteiger charge is -2.34. The Morgan fingerprint density at radius 1 is 1.02 bits per heavy atom. The van der Waals surface area contributed by atoms with E-state index in [1.165, 1.54) is 25.7 Å². The van der Waals surface area contributed by atoms with E-state index >= 15 is 0 Å². The number of benzene rings is 3. The smallest absolute Gasteiger partial charge is 0.339 e. The standard InChI is InChI=1S/C30H32BrN3O5.ClH/c1-20-8-7-9-26(33-16-5-4-6-17-33)29(20)34(32-22-11-13-23(38-2)14-12-22)28(35)15-10-21-18-27(39-3)24(30(36)37)19-25(21)31;/h7-15,18-19,32H,4-6,16-17H2,1-3H3,(H,36,37);1H/b15-10+;. The highest BCUT2D eigenvalue weighted by Crippen LogP contribution is 2.36. The molecule has 0 aromatic heterocycles. The molecule has 8 nitrogen and oxygen atoms in total. The van der Waals surface area contributed by atoms with Crippen LogP contribution in [0.15, 0.2) is 65.1 Å². The number of methoxy groups -OCH3 is 2. The van der Waals surface area contributed by atoms with E-state index in [2.05, 4.69) is 32.3 Å². The van der Waals surface area contributed by atoms with Gasteiger partial charge in [-0.3, -0.25) is 10.2 Å². The molecule has 1 fully saturated rings. The van der Waals surface area contributed by atoms with Crippen molar-refractivity contribution in [2.75, 3.05) is 42.6 Å². The third kappa shape index (κ3) is 7.08. The Morgan fingerprint density at radius 3 is 2.35 bits per heavy atom. The maximum atomic E-state index is 13.9. The molecule has 0 bridgehead atoms. The van der Waals surface area contributed by atoms with Crippen LogP contribution in [0.2, 0.25) is 0 Å². The maximum Gasteiger partial charge on any atom is 0.339 e. The number of amides is 1. The van der Waals surface area contributed by atoms with Crippen LogP contribution in [0.4, 0.5) is 17.1 Å². The zero-order valence-corrected chi connectivity index (χ0v) is 25.0. The quantitative estimate of drug-likeness (QED) is 0.195. The Kier molecular flexibility index (Phi) is 10.9. The van der Waals surface area contributed by atoms with E-state index < -0.39 is 5.97 Å². The van der Waals surface area contributed by atoms with Gasteiger partial charge in [-0.15, -0.1) is 12.4 Å². The van der Waals surface area contributed by atoms with Crippen molar-refractivity contribution in [2.45, 2.75) is 26.2 Å². The minimum absolute atomic E-state index is 0.